The molecule has 3 rings (SSSR count). The summed E-state index contributed by atoms with van der Waals surface area (Å²) in [6.45, 7) is 1.12. The van der Waals surface area contributed by atoms with Crippen molar-refractivity contribution in [3.8, 4) is 5.75 Å². The van der Waals surface area contributed by atoms with Crippen LogP contribution < -0.4 is 10.1 Å². The van der Waals surface area contributed by atoms with Gasteiger partial charge in [-0.05, 0) is 24.6 Å². The number of hydrogen-bond donors (Lipinski definition) is 1. The van der Waals surface area contributed by atoms with Gasteiger partial charge in [-0.2, -0.15) is 0 Å². The second-order valence-corrected chi connectivity index (χ2v) is 6.36. The van der Waals surface area contributed by atoms with Crippen molar-refractivity contribution in [3.63, 3.8) is 0 Å². The van der Waals surface area contributed by atoms with Crippen molar-refractivity contribution in [2.45, 2.75) is 18.9 Å². The van der Waals surface area contributed by atoms with Crippen molar-refractivity contribution in [2.24, 2.45) is 0 Å². The van der Waals surface area contributed by atoms with Crippen LogP contribution in [0.1, 0.15) is 33.6 Å². The summed E-state index contributed by atoms with van der Waals surface area (Å²) in [6, 6.07) is 3.49. The van der Waals surface area contributed by atoms with Gasteiger partial charge in [-0.3, -0.25) is 29.4 Å². The van der Waals surface area contributed by atoms with Crippen LogP contribution in [0.4, 0.5) is 0 Å². The second kappa shape index (κ2) is 9.39. The van der Waals surface area contributed by atoms with Crippen LogP contribution in [0.15, 0.2) is 18.2 Å². The number of carbonyl (C=O) groups excluding carboxylic acids is 5. The van der Waals surface area contributed by atoms with E-state index in [0.717, 1.165) is 4.90 Å². The lowest BCUT2D eigenvalue weighted by atomic mass is 10.0. The zero-order valence-electron chi connectivity index (χ0n) is 15.5. The average Bonchev–Trinajstić information content (AvgIpc) is 2.94. The third kappa shape index (κ3) is 4.66. The number of nitrogens with zero attached hydrogens (tertiary/aromatic N) is 1. The minimum absolute atomic E-state index is 0.0254. The molecular weight excluding hydrogens is 384 g/mol. The molecule has 1 aromatic carbocycles. The minimum Gasteiger partial charge on any atom is -0.491 e. The summed E-state index contributed by atoms with van der Waals surface area (Å²) in [5, 5.41) is 2.15. The van der Waals surface area contributed by atoms with E-state index in [4.69, 9.17) is 14.2 Å². The molecule has 1 fully saturated rings. The molecule has 1 saturated heterocycles. The lowest BCUT2D eigenvalue weighted by Crippen LogP contribution is -2.54. The van der Waals surface area contributed by atoms with Gasteiger partial charge >= 0.3 is 0 Å². The Hall–Kier alpha value is -3.11. The molecule has 1 unspecified atom stereocenters. The van der Waals surface area contributed by atoms with Crippen molar-refractivity contribution < 1.29 is 38.2 Å². The van der Waals surface area contributed by atoms with Crippen LogP contribution >= 0.6 is 0 Å². The molecular formula is C19H20N2O8. The van der Waals surface area contributed by atoms with E-state index >= 15 is 0 Å². The van der Waals surface area contributed by atoms with Crippen molar-refractivity contribution >= 4 is 29.9 Å². The van der Waals surface area contributed by atoms with Crippen LogP contribution in [0, 0.1) is 0 Å². The Morgan fingerprint density at radius 2 is 1.72 bits per heavy atom. The summed E-state index contributed by atoms with van der Waals surface area (Å²) in [5.74, 6) is -1.84. The molecule has 1 atom stereocenters. The minimum atomic E-state index is -1.00. The molecule has 0 radical (unpaired) electrons. The van der Waals surface area contributed by atoms with E-state index in [1.54, 1.807) is 6.07 Å². The first kappa shape index (κ1) is 20.6. The van der Waals surface area contributed by atoms with E-state index in [1.807, 2.05) is 0 Å². The zero-order chi connectivity index (χ0) is 20.8. The highest BCUT2D eigenvalue weighted by atomic mass is 16.5. The maximum atomic E-state index is 12.7. The molecule has 0 aliphatic carbocycles. The quantitative estimate of drug-likeness (QED) is 0.320. The fourth-order valence-corrected chi connectivity index (χ4v) is 3.11. The number of nitrogens with one attached hydrogen (secondary N) is 1. The van der Waals surface area contributed by atoms with Gasteiger partial charge in [0.05, 0.1) is 30.9 Å². The lowest BCUT2D eigenvalue weighted by molar-refractivity contribution is -0.136. The molecule has 0 aromatic heterocycles. The second-order valence-electron chi connectivity index (χ2n) is 6.36. The van der Waals surface area contributed by atoms with Crippen molar-refractivity contribution in [1.29, 1.82) is 0 Å². The standard InChI is InChI=1S/C19H20N2O8/c22-5-6-27-7-8-28-9-10-29-12-1-2-13-14(11-12)19(26)21(18(13)25)15-3-4-16(23)20-17(15)24/h1-2,5,11,15H,3-4,6-10H2,(H,20,23,24). The summed E-state index contributed by atoms with van der Waals surface area (Å²) in [4.78, 5) is 59.6. The molecule has 2 heterocycles. The first-order valence-electron chi connectivity index (χ1n) is 9.10. The number of carbonyl (C=O) groups is 5. The summed E-state index contributed by atoms with van der Waals surface area (Å²) < 4.78 is 15.8. The van der Waals surface area contributed by atoms with Gasteiger partial charge in [0.25, 0.3) is 11.8 Å². The van der Waals surface area contributed by atoms with Gasteiger partial charge in [0, 0.05) is 6.42 Å². The van der Waals surface area contributed by atoms with Gasteiger partial charge in [0.2, 0.25) is 11.8 Å². The van der Waals surface area contributed by atoms with E-state index < -0.39 is 29.7 Å². The van der Waals surface area contributed by atoms with Gasteiger partial charge < -0.3 is 19.0 Å². The van der Waals surface area contributed by atoms with E-state index in [-0.39, 0.29) is 43.8 Å². The number of amides is 4. The van der Waals surface area contributed by atoms with Crippen LogP contribution in [0.25, 0.3) is 0 Å². The number of piperidine rings is 1. The van der Waals surface area contributed by atoms with Crippen LogP contribution in [0.2, 0.25) is 0 Å². The number of benzene rings is 1. The Bertz CT molecular complexity index is 837. The predicted octanol–water partition coefficient (Wildman–Crippen LogP) is -0.301. The molecule has 1 aromatic rings. The molecule has 0 saturated carbocycles. The number of hydrogen-bond acceptors (Lipinski definition) is 8. The fourth-order valence-electron chi connectivity index (χ4n) is 3.11. The first-order valence-corrected chi connectivity index (χ1v) is 9.10. The predicted molar refractivity (Wildman–Crippen MR) is 96.3 cm³/mol. The maximum Gasteiger partial charge on any atom is 0.262 e. The van der Waals surface area contributed by atoms with Gasteiger partial charge in [0.15, 0.2) is 0 Å². The molecule has 10 heteroatoms. The number of fused-ring (bicyclic) bond motifs is 1. The third-order valence-corrected chi connectivity index (χ3v) is 4.47. The van der Waals surface area contributed by atoms with Gasteiger partial charge in [-0.15, -0.1) is 0 Å². The smallest absolute Gasteiger partial charge is 0.262 e. The number of rotatable bonds is 10. The highest BCUT2D eigenvalue weighted by molar-refractivity contribution is 6.23. The van der Waals surface area contributed by atoms with Crippen molar-refractivity contribution in [2.75, 3.05) is 33.0 Å². The van der Waals surface area contributed by atoms with Crippen molar-refractivity contribution in [1.82, 2.24) is 10.2 Å². The lowest BCUT2D eigenvalue weighted by Gasteiger charge is -2.27. The molecule has 1 N–H and O–H groups in total. The number of aldehydes is 1. The Morgan fingerprint density at radius 1 is 1.00 bits per heavy atom. The maximum absolute atomic E-state index is 12.7. The molecule has 2 aliphatic heterocycles. The molecule has 154 valence electrons. The molecule has 4 amide bonds. The van der Waals surface area contributed by atoms with Gasteiger partial charge in [-0.25, -0.2) is 0 Å². The molecule has 0 spiro atoms. The van der Waals surface area contributed by atoms with E-state index in [1.165, 1.54) is 12.1 Å². The Balaban J connectivity index is 1.56. The zero-order valence-corrected chi connectivity index (χ0v) is 15.5. The van der Waals surface area contributed by atoms with Crippen LogP contribution in [0.3, 0.4) is 0 Å². The molecule has 2 aliphatic rings. The number of ether oxygens (including phenoxy) is 3. The SMILES string of the molecule is O=CCOCCOCCOc1ccc2c(c1)C(=O)N(C1CCC(=O)NC1=O)C2=O. The highest BCUT2D eigenvalue weighted by Crippen LogP contribution is 2.30. The van der Waals surface area contributed by atoms with Crippen LogP contribution in [-0.4, -0.2) is 73.9 Å². The summed E-state index contributed by atoms with van der Waals surface area (Å²) >= 11 is 0. The number of imide groups is 2. The van der Waals surface area contributed by atoms with Crippen LogP contribution in [0.5, 0.6) is 5.75 Å². The van der Waals surface area contributed by atoms with Gasteiger partial charge in [-0.1, -0.05) is 0 Å². The van der Waals surface area contributed by atoms with E-state index in [9.17, 15) is 24.0 Å². The normalized spacial score (nSPS) is 18.6. The highest BCUT2D eigenvalue weighted by Gasteiger charge is 2.44. The fraction of sp³-hybridized carbons (Fsp3) is 0.421. The Kier molecular flexibility index (Phi) is 6.68. The van der Waals surface area contributed by atoms with Crippen molar-refractivity contribution in [3.05, 3.63) is 29.3 Å². The summed E-state index contributed by atoms with van der Waals surface area (Å²) in [7, 11) is 0. The van der Waals surface area contributed by atoms with Gasteiger partial charge in [0.1, 0.15) is 31.3 Å². The first-order chi connectivity index (χ1) is 14.0. The molecule has 10 nitrogen and oxygen atoms in total. The topological polar surface area (TPSA) is 128 Å². The molecule has 0 bridgehead atoms. The summed E-state index contributed by atoms with van der Waals surface area (Å²) in [5.41, 5.74) is 0.344. The average molecular weight is 404 g/mol. The summed E-state index contributed by atoms with van der Waals surface area (Å²) in [6.07, 6.45) is 0.829. The Morgan fingerprint density at radius 3 is 2.48 bits per heavy atom. The molecule has 29 heavy (non-hydrogen) atoms. The van der Waals surface area contributed by atoms with E-state index in [0.29, 0.717) is 25.2 Å². The third-order valence-electron chi connectivity index (χ3n) is 4.47. The Labute approximate surface area is 166 Å². The largest absolute Gasteiger partial charge is 0.491 e. The monoisotopic (exact) mass is 404 g/mol. The van der Waals surface area contributed by atoms with Crippen LogP contribution in [-0.2, 0) is 23.9 Å². The van der Waals surface area contributed by atoms with E-state index in [2.05, 4.69) is 5.32 Å².